The Morgan fingerprint density at radius 3 is 2.70 bits per heavy atom. The second-order valence-corrected chi connectivity index (χ2v) is 6.50. The smallest absolute Gasteiger partial charge is 0.418 e. The molecule has 1 aliphatic carbocycles. The molecule has 140 valence electrons. The van der Waals surface area contributed by atoms with Crippen molar-refractivity contribution < 1.29 is 22.7 Å². The van der Waals surface area contributed by atoms with E-state index in [0.717, 1.165) is 19.0 Å². The third kappa shape index (κ3) is 3.22. The number of rotatable bonds is 5. The molecule has 1 aliphatic rings. The molecular weight excluding hydrogens is 359 g/mol. The van der Waals surface area contributed by atoms with Gasteiger partial charge in [-0.2, -0.15) is 13.2 Å². The molecule has 1 aromatic carbocycles. The first-order valence-electron chi connectivity index (χ1n) is 8.40. The third-order valence-corrected chi connectivity index (χ3v) is 4.62. The minimum atomic E-state index is -4.44. The Bertz CT molecular complexity index is 1020. The summed E-state index contributed by atoms with van der Waals surface area (Å²) in [5, 5.41) is 3.22. The summed E-state index contributed by atoms with van der Waals surface area (Å²) in [5.74, 6) is 0.960. The van der Waals surface area contributed by atoms with Gasteiger partial charge in [0.1, 0.15) is 23.5 Å². The average molecular weight is 375 g/mol. The summed E-state index contributed by atoms with van der Waals surface area (Å²) in [7, 11) is 1.47. The van der Waals surface area contributed by atoms with Gasteiger partial charge < -0.3 is 15.0 Å². The van der Waals surface area contributed by atoms with Crippen LogP contribution in [0.2, 0.25) is 0 Å². The molecule has 0 spiro atoms. The molecule has 0 atom stereocenters. The number of fused-ring (bicyclic) bond motifs is 1. The maximum Gasteiger partial charge on any atom is 0.418 e. The van der Waals surface area contributed by atoms with E-state index in [9.17, 15) is 18.0 Å². The quantitative estimate of drug-likeness (QED) is 0.614. The molecule has 27 heavy (non-hydrogen) atoms. The van der Waals surface area contributed by atoms with Crippen molar-refractivity contribution in [2.45, 2.75) is 24.9 Å². The van der Waals surface area contributed by atoms with Crippen LogP contribution < -0.4 is 10.1 Å². The van der Waals surface area contributed by atoms with Crippen LogP contribution in [0.25, 0.3) is 11.0 Å². The molecule has 2 aromatic heterocycles. The number of methoxy groups -OCH3 is 1. The number of halogens is 3. The Labute approximate surface area is 152 Å². The van der Waals surface area contributed by atoms with E-state index in [1.54, 1.807) is 24.3 Å². The Morgan fingerprint density at radius 2 is 2.07 bits per heavy atom. The van der Waals surface area contributed by atoms with Crippen LogP contribution >= 0.6 is 0 Å². The van der Waals surface area contributed by atoms with Crippen molar-refractivity contribution in [2.75, 3.05) is 12.4 Å². The SMILES string of the molecule is COc1cc(C=O)ccc1Nc1cc(C2CC2)c2c(C(F)(F)F)c[nH]c2n1. The van der Waals surface area contributed by atoms with Crippen LogP contribution in [0.15, 0.2) is 30.5 Å². The maximum absolute atomic E-state index is 13.3. The molecule has 1 fully saturated rings. The van der Waals surface area contributed by atoms with Crippen molar-refractivity contribution in [3.05, 3.63) is 47.2 Å². The van der Waals surface area contributed by atoms with E-state index in [4.69, 9.17) is 4.74 Å². The molecule has 5 nitrogen and oxygen atoms in total. The van der Waals surface area contributed by atoms with Gasteiger partial charge in [-0.25, -0.2) is 4.98 Å². The van der Waals surface area contributed by atoms with Crippen molar-refractivity contribution in [1.82, 2.24) is 9.97 Å². The van der Waals surface area contributed by atoms with E-state index in [-0.39, 0.29) is 17.0 Å². The lowest BCUT2D eigenvalue weighted by Crippen LogP contribution is -2.05. The van der Waals surface area contributed by atoms with Crippen molar-refractivity contribution >= 4 is 28.8 Å². The van der Waals surface area contributed by atoms with E-state index < -0.39 is 11.7 Å². The summed E-state index contributed by atoms with van der Waals surface area (Å²) in [5.41, 5.74) is 1.17. The molecule has 0 saturated heterocycles. The van der Waals surface area contributed by atoms with Crippen molar-refractivity contribution in [3.8, 4) is 5.75 Å². The van der Waals surface area contributed by atoms with Gasteiger partial charge in [-0.3, -0.25) is 4.79 Å². The maximum atomic E-state index is 13.3. The normalized spacial score (nSPS) is 14.4. The highest BCUT2D eigenvalue weighted by molar-refractivity contribution is 5.87. The number of carbonyl (C=O) groups excluding carboxylic acids is 1. The Morgan fingerprint density at radius 1 is 1.30 bits per heavy atom. The standard InChI is InChI=1S/C19H16F3N3O2/c1-27-15-6-10(9-26)2-5-14(15)24-16-7-12(11-3-4-11)17-13(19(20,21)22)8-23-18(17)25-16/h2,5-9,11H,3-4H2,1H3,(H2,23,24,25). The number of aldehydes is 1. The Kier molecular flexibility index (Phi) is 4.05. The number of hydrogen-bond acceptors (Lipinski definition) is 4. The van der Waals surface area contributed by atoms with Gasteiger partial charge in [-0.1, -0.05) is 0 Å². The van der Waals surface area contributed by atoms with E-state index in [2.05, 4.69) is 15.3 Å². The first kappa shape index (κ1) is 17.4. The van der Waals surface area contributed by atoms with E-state index >= 15 is 0 Å². The lowest BCUT2D eigenvalue weighted by molar-refractivity contribution is -0.136. The summed E-state index contributed by atoms with van der Waals surface area (Å²) in [6.45, 7) is 0. The number of carbonyl (C=O) groups is 1. The largest absolute Gasteiger partial charge is 0.495 e. The number of H-pyrrole nitrogens is 1. The van der Waals surface area contributed by atoms with Crippen LogP contribution in [0.3, 0.4) is 0 Å². The molecule has 1 saturated carbocycles. The van der Waals surface area contributed by atoms with E-state index in [1.165, 1.54) is 7.11 Å². The molecule has 2 N–H and O–H groups in total. The number of ether oxygens (including phenoxy) is 1. The molecule has 8 heteroatoms. The fraction of sp³-hybridized carbons (Fsp3) is 0.263. The highest BCUT2D eigenvalue weighted by Gasteiger charge is 2.37. The van der Waals surface area contributed by atoms with Crippen molar-refractivity contribution in [1.29, 1.82) is 0 Å². The molecular formula is C19H16F3N3O2. The second kappa shape index (κ2) is 6.29. The van der Waals surface area contributed by atoms with Crippen LogP contribution in [-0.4, -0.2) is 23.4 Å². The Balaban J connectivity index is 1.79. The number of nitrogens with zero attached hydrogens (tertiary/aromatic N) is 1. The lowest BCUT2D eigenvalue weighted by atomic mass is 10.0. The van der Waals surface area contributed by atoms with Gasteiger partial charge in [-0.15, -0.1) is 0 Å². The zero-order valence-electron chi connectivity index (χ0n) is 14.4. The van der Waals surface area contributed by atoms with Gasteiger partial charge in [0, 0.05) is 17.1 Å². The number of hydrogen-bond donors (Lipinski definition) is 2. The van der Waals surface area contributed by atoms with E-state index in [0.29, 0.717) is 34.7 Å². The summed E-state index contributed by atoms with van der Waals surface area (Å²) in [6, 6.07) is 6.53. The zero-order chi connectivity index (χ0) is 19.2. The predicted molar refractivity (Wildman–Crippen MR) is 94.7 cm³/mol. The second-order valence-electron chi connectivity index (χ2n) is 6.50. The van der Waals surface area contributed by atoms with Crippen LogP contribution in [0.1, 0.15) is 40.2 Å². The summed E-state index contributed by atoms with van der Waals surface area (Å²) in [6.07, 6.45) is -1.05. The fourth-order valence-corrected chi connectivity index (χ4v) is 3.19. The minimum absolute atomic E-state index is 0.104. The first-order chi connectivity index (χ1) is 12.9. The number of nitrogens with one attached hydrogen (secondary N) is 2. The number of aromatic amines is 1. The molecule has 3 aromatic rings. The minimum Gasteiger partial charge on any atom is -0.495 e. The average Bonchev–Trinajstić information content (AvgIpc) is 3.39. The summed E-state index contributed by atoms with van der Waals surface area (Å²) >= 11 is 0. The highest BCUT2D eigenvalue weighted by Crippen LogP contribution is 2.47. The van der Waals surface area contributed by atoms with Gasteiger partial charge in [0.2, 0.25) is 0 Å². The molecule has 2 heterocycles. The van der Waals surface area contributed by atoms with Crippen molar-refractivity contribution in [2.24, 2.45) is 0 Å². The van der Waals surface area contributed by atoms with Gasteiger partial charge in [-0.05, 0) is 48.6 Å². The molecule has 0 bridgehead atoms. The monoisotopic (exact) mass is 375 g/mol. The van der Waals surface area contributed by atoms with E-state index in [1.807, 2.05) is 0 Å². The van der Waals surface area contributed by atoms with Crippen LogP contribution in [0, 0.1) is 0 Å². The van der Waals surface area contributed by atoms with Crippen LogP contribution in [0.4, 0.5) is 24.7 Å². The number of alkyl halides is 3. The molecule has 0 radical (unpaired) electrons. The molecule has 4 rings (SSSR count). The molecule has 0 amide bonds. The topological polar surface area (TPSA) is 67.0 Å². The van der Waals surface area contributed by atoms with Gasteiger partial charge in [0.25, 0.3) is 0 Å². The zero-order valence-corrected chi connectivity index (χ0v) is 14.4. The number of anilines is 2. The van der Waals surface area contributed by atoms with Crippen LogP contribution in [0.5, 0.6) is 5.75 Å². The summed E-state index contributed by atoms with van der Waals surface area (Å²) < 4.78 is 45.3. The number of aromatic nitrogens is 2. The molecule has 0 unspecified atom stereocenters. The molecule has 0 aliphatic heterocycles. The van der Waals surface area contributed by atoms with Gasteiger partial charge in [0.15, 0.2) is 0 Å². The fourth-order valence-electron chi connectivity index (χ4n) is 3.19. The number of benzene rings is 1. The Hall–Kier alpha value is -3.03. The lowest BCUT2D eigenvalue weighted by Gasteiger charge is -2.13. The summed E-state index contributed by atoms with van der Waals surface area (Å²) in [4.78, 5) is 17.9. The third-order valence-electron chi connectivity index (χ3n) is 4.62. The predicted octanol–water partition coefficient (Wildman–Crippen LogP) is 5.02. The highest BCUT2D eigenvalue weighted by atomic mass is 19.4. The van der Waals surface area contributed by atoms with Gasteiger partial charge >= 0.3 is 6.18 Å². The number of pyridine rings is 1. The van der Waals surface area contributed by atoms with Gasteiger partial charge in [0.05, 0.1) is 18.4 Å². The first-order valence-corrected chi connectivity index (χ1v) is 8.40. The van der Waals surface area contributed by atoms with Crippen molar-refractivity contribution in [3.63, 3.8) is 0 Å². The van der Waals surface area contributed by atoms with Crippen LogP contribution in [-0.2, 0) is 6.18 Å².